The first-order valence-electron chi connectivity index (χ1n) is 7.04. The summed E-state index contributed by atoms with van der Waals surface area (Å²) < 4.78 is 6.39. The number of Topliss-reactive ketones (excluding diaryl/α,β-unsaturated/α-hetero) is 1. The van der Waals surface area contributed by atoms with Crippen LogP contribution in [0.4, 0.5) is 0 Å². The van der Waals surface area contributed by atoms with Gasteiger partial charge >= 0.3 is 5.97 Å². The Kier molecular flexibility index (Phi) is 4.78. The summed E-state index contributed by atoms with van der Waals surface area (Å²) in [6.45, 7) is 5.47. The normalized spacial score (nSPS) is 11.6. The molecule has 1 aromatic heterocycles. The first-order chi connectivity index (χ1) is 9.83. The predicted molar refractivity (Wildman–Crippen MR) is 85.6 cm³/mol. The number of carbonyl (C=O) groups is 2. The molecule has 21 heavy (non-hydrogen) atoms. The third-order valence-corrected chi connectivity index (χ3v) is 3.99. The van der Waals surface area contributed by atoms with E-state index in [1.165, 1.54) is 4.70 Å². The van der Waals surface area contributed by atoms with Crippen LogP contribution in [0.1, 0.15) is 38.5 Å². The second-order valence-corrected chi connectivity index (χ2v) is 7.22. The van der Waals surface area contributed by atoms with Crippen LogP contribution >= 0.6 is 11.3 Å². The van der Waals surface area contributed by atoms with Crippen molar-refractivity contribution < 1.29 is 14.3 Å². The Morgan fingerprint density at radius 3 is 2.52 bits per heavy atom. The van der Waals surface area contributed by atoms with Crippen LogP contribution in [0.3, 0.4) is 0 Å². The van der Waals surface area contributed by atoms with Gasteiger partial charge in [-0.3, -0.25) is 9.59 Å². The van der Waals surface area contributed by atoms with Crippen molar-refractivity contribution in [2.45, 2.75) is 45.6 Å². The Balaban J connectivity index is 1.86. The lowest BCUT2D eigenvalue weighted by atomic mass is 10.1. The standard InChI is InChI=1S/C17H20O3S/c1-17(2,3)20-16(19)9-8-13(18)11-14-10-12-6-4-5-7-15(12)21-14/h4-7,10H,8-9,11H2,1-3H3. The smallest absolute Gasteiger partial charge is 0.306 e. The zero-order valence-corrected chi connectivity index (χ0v) is 13.5. The van der Waals surface area contributed by atoms with Crippen LogP contribution in [-0.4, -0.2) is 17.4 Å². The molecule has 3 nitrogen and oxygen atoms in total. The lowest BCUT2D eigenvalue weighted by Crippen LogP contribution is -2.24. The van der Waals surface area contributed by atoms with E-state index >= 15 is 0 Å². The Morgan fingerprint density at radius 1 is 1.14 bits per heavy atom. The van der Waals surface area contributed by atoms with Crippen LogP contribution in [0.5, 0.6) is 0 Å². The van der Waals surface area contributed by atoms with E-state index in [0.717, 1.165) is 10.3 Å². The number of benzene rings is 1. The molecule has 1 heterocycles. The molecule has 0 aliphatic rings. The number of ether oxygens (including phenoxy) is 1. The Hall–Kier alpha value is -1.68. The summed E-state index contributed by atoms with van der Waals surface area (Å²) in [4.78, 5) is 24.6. The highest BCUT2D eigenvalue weighted by atomic mass is 32.1. The van der Waals surface area contributed by atoms with Crippen molar-refractivity contribution in [3.05, 3.63) is 35.2 Å². The van der Waals surface area contributed by atoms with E-state index < -0.39 is 5.60 Å². The number of esters is 1. The highest BCUT2D eigenvalue weighted by Gasteiger charge is 2.17. The minimum atomic E-state index is -0.494. The fraction of sp³-hybridized carbons (Fsp3) is 0.412. The first kappa shape index (κ1) is 15.7. The van der Waals surface area contributed by atoms with Crippen molar-refractivity contribution >= 4 is 33.2 Å². The van der Waals surface area contributed by atoms with Gasteiger partial charge in [-0.05, 0) is 38.3 Å². The summed E-state index contributed by atoms with van der Waals surface area (Å²) in [5.74, 6) is -0.236. The van der Waals surface area contributed by atoms with E-state index in [0.29, 0.717) is 6.42 Å². The molecule has 1 aromatic carbocycles. The van der Waals surface area contributed by atoms with Crippen LogP contribution in [-0.2, 0) is 20.7 Å². The summed E-state index contributed by atoms with van der Waals surface area (Å²) in [6, 6.07) is 10.1. The van der Waals surface area contributed by atoms with Crippen LogP contribution in [0.15, 0.2) is 30.3 Å². The maximum atomic E-state index is 12.0. The molecular formula is C17H20O3S. The van der Waals surface area contributed by atoms with Crippen molar-refractivity contribution in [1.82, 2.24) is 0 Å². The fourth-order valence-electron chi connectivity index (χ4n) is 2.04. The van der Waals surface area contributed by atoms with Gasteiger partial charge in [-0.25, -0.2) is 0 Å². The van der Waals surface area contributed by atoms with Gasteiger partial charge < -0.3 is 4.74 Å². The Bertz CT molecular complexity index is 616. The zero-order chi connectivity index (χ0) is 15.5. The van der Waals surface area contributed by atoms with E-state index in [-0.39, 0.29) is 24.6 Å². The number of thiophene rings is 1. The molecule has 0 radical (unpaired) electrons. The van der Waals surface area contributed by atoms with Crippen molar-refractivity contribution in [3.8, 4) is 0 Å². The van der Waals surface area contributed by atoms with Crippen molar-refractivity contribution in [2.24, 2.45) is 0 Å². The summed E-state index contributed by atoms with van der Waals surface area (Å²) in [7, 11) is 0. The maximum absolute atomic E-state index is 12.0. The molecule has 0 saturated heterocycles. The fourth-order valence-corrected chi connectivity index (χ4v) is 3.13. The third-order valence-electron chi connectivity index (χ3n) is 2.88. The van der Waals surface area contributed by atoms with E-state index in [1.54, 1.807) is 11.3 Å². The first-order valence-corrected chi connectivity index (χ1v) is 7.86. The van der Waals surface area contributed by atoms with Gasteiger partial charge in [0.25, 0.3) is 0 Å². The average molecular weight is 304 g/mol. The maximum Gasteiger partial charge on any atom is 0.306 e. The summed E-state index contributed by atoms with van der Waals surface area (Å²) in [5.41, 5.74) is -0.494. The van der Waals surface area contributed by atoms with Crippen LogP contribution in [0.2, 0.25) is 0 Å². The van der Waals surface area contributed by atoms with Crippen molar-refractivity contribution in [3.63, 3.8) is 0 Å². The van der Waals surface area contributed by atoms with E-state index in [9.17, 15) is 9.59 Å². The second-order valence-electron chi connectivity index (χ2n) is 6.05. The van der Waals surface area contributed by atoms with E-state index in [4.69, 9.17) is 4.74 Å². The third kappa shape index (κ3) is 4.97. The lowest BCUT2D eigenvalue weighted by molar-refractivity contribution is -0.155. The van der Waals surface area contributed by atoms with Gasteiger partial charge in [0.2, 0.25) is 0 Å². The molecule has 0 fully saturated rings. The SMILES string of the molecule is CC(C)(C)OC(=O)CCC(=O)Cc1cc2ccccc2s1. The molecule has 0 spiro atoms. The topological polar surface area (TPSA) is 43.4 Å². The van der Waals surface area contributed by atoms with Crippen LogP contribution in [0, 0.1) is 0 Å². The summed E-state index contributed by atoms with van der Waals surface area (Å²) in [5, 5.41) is 1.16. The van der Waals surface area contributed by atoms with Gasteiger partial charge in [-0.1, -0.05) is 18.2 Å². The molecule has 0 saturated carbocycles. The molecule has 0 unspecified atom stereocenters. The highest BCUT2D eigenvalue weighted by Crippen LogP contribution is 2.26. The molecule has 0 amide bonds. The number of carbonyl (C=O) groups excluding carboxylic acids is 2. The number of hydrogen-bond donors (Lipinski definition) is 0. The van der Waals surface area contributed by atoms with Gasteiger partial charge in [-0.15, -0.1) is 11.3 Å². The minimum absolute atomic E-state index is 0.0763. The van der Waals surface area contributed by atoms with Gasteiger partial charge in [0, 0.05) is 22.4 Å². The van der Waals surface area contributed by atoms with Crippen LogP contribution < -0.4 is 0 Å². The molecular weight excluding hydrogens is 284 g/mol. The number of ketones is 1. The lowest BCUT2D eigenvalue weighted by Gasteiger charge is -2.19. The predicted octanol–water partition coefficient (Wildman–Crippen LogP) is 4.13. The molecule has 0 bridgehead atoms. The average Bonchev–Trinajstić information content (AvgIpc) is 2.76. The van der Waals surface area contributed by atoms with Crippen molar-refractivity contribution in [2.75, 3.05) is 0 Å². The van der Waals surface area contributed by atoms with Crippen molar-refractivity contribution in [1.29, 1.82) is 0 Å². The molecule has 4 heteroatoms. The Labute approximate surface area is 128 Å². The number of rotatable bonds is 5. The molecule has 0 aliphatic heterocycles. The second kappa shape index (κ2) is 6.39. The largest absolute Gasteiger partial charge is 0.460 e. The Morgan fingerprint density at radius 2 is 1.86 bits per heavy atom. The zero-order valence-electron chi connectivity index (χ0n) is 12.6. The number of fused-ring (bicyclic) bond motifs is 1. The van der Waals surface area contributed by atoms with E-state index in [1.807, 2.05) is 45.0 Å². The van der Waals surface area contributed by atoms with Gasteiger partial charge in [-0.2, -0.15) is 0 Å². The molecule has 0 atom stereocenters. The summed E-state index contributed by atoms with van der Waals surface area (Å²) in [6.07, 6.45) is 0.784. The number of hydrogen-bond acceptors (Lipinski definition) is 4. The molecule has 112 valence electrons. The summed E-state index contributed by atoms with van der Waals surface area (Å²) >= 11 is 1.63. The monoisotopic (exact) mass is 304 g/mol. The highest BCUT2D eigenvalue weighted by molar-refractivity contribution is 7.19. The van der Waals surface area contributed by atoms with Gasteiger partial charge in [0.1, 0.15) is 11.4 Å². The molecule has 0 aliphatic carbocycles. The van der Waals surface area contributed by atoms with Crippen LogP contribution in [0.25, 0.3) is 10.1 Å². The molecule has 2 rings (SSSR count). The minimum Gasteiger partial charge on any atom is -0.460 e. The van der Waals surface area contributed by atoms with Gasteiger partial charge in [0.05, 0.1) is 6.42 Å². The van der Waals surface area contributed by atoms with Gasteiger partial charge in [0.15, 0.2) is 0 Å². The quantitative estimate of drug-likeness (QED) is 0.780. The molecule has 0 N–H and O–H groups in total. The van der Waals surface area contributed by atoms with E-state index in [2.05, 4.69) is 6.07 Å². The molecule has 2 aromatic rings.